The highest BCUT2D eigenvalue weighted by Crippen LogP contribution is 2.49. The summed E-state index contributed by atoms with van der Waals surface area (Å²) >= 11 is 7.21. The van der Waals surface area contributed by atoms with Crippen LogP contribution >= 0.6 is 11.6 Å². The minimum Gasteiger partial charge on any atom is -0.487 e. The lowest BCUT2D eigenvalue weighted by molar-refractivity contribution is -0.126. The number of benzene rings is 2. The number of carbonyl (C=O) groups excluding carboxylic acids is 1. The summed E-state index contributed by atoms with van der Waals surface area (Å²) in [6, 6.07) is 6.56. The molecular formula is C31H35ClN8O2. The molecule has 11 heteroatoms. The van der Waals surface area contributed by atoms with Crippen molar-refractivity contribution < 1.29 is 9.53 Å². The molecule has 2 aromatic heterocycles. The van der Waals surface area contributed by atoms with Crippen LogP contribution in [0.1, 0.15) is 18.4 Å². The van der Waals surface area contributed by atoms with Gasteiger partial charge < -0.3 is 24.3 Å². The van der Waals surface area contributed by atoms with Crippen LogP contribution in [0.3, 0.4) is 0 Å². The normalized spacial score (nSPS) is 17.8. The maximum Gasteiger partial charge on any atom is 0.246 e. The number of likely N-dealkylation sites (N-methyl/N-ethyl adjacent to an activating group) is 1. The highest BCUT2D eigenvalue weighted by molar-refractivity contribution is 6.35. The molecule has 218 valence electrons. The molecule has 3 fully saturated rings. The highest BCUT2D eigenvalue weighted by atomic mass is 35.5. The molecule has 2 saturated heterocycles. The summed E-state index contributed by atoms with van der Waals surface area (Å²) in [4.78, 5) is 31.1. The van der Waals surface area contributed by atoms with Crippen molar-refractivity contribution in [3.63, 3.8) is 0 Å². The van der Waals surface area contributed by atoms with Gasteiger partial charge in [0.05, 0.1) is 22.8 Å². The van der Waals surface area contributed by atoms with Gasteiger partial charge in [-0.2, -0.15) is 10.1 Å². The number of halogens is 1. The Bertz CT molecular complexity index is 1700. The van der Waals surface area contributed by atoms with Gasteiger partial charge in [0.25, 0.3) is 0 Å². The van der Waals surface area contributed by atoms with E-state index in [9.17, 15) is 4.79 Å². The maximum absolute atomic E-state index is 12.3. The van der Waals surface area contributed by atoms with E-state index in [4.69, 9.17) is 26.3 Å². The molecule has 0 spiro atoms. The summed E-state index contributed by atoms with van der Waals surface area (Å²) in [6.07, 6.45) is 5.37. The van der Waals surface area contributed by atoms with Crippen LogP contribution in [0.25, 0.3) is 32.9 Å². The van der Waals surface area contributed by atoms with Gasteiger partial charge in [0.2, 0.25) is 11.9 Å². The van der Waals surface area contributed by atoms with Gasteiger partial charge in [0.1, 0.15) is 11.3 Å². The van der Waals surface area contributed by atoms with Gasteiger partial charge in [-0.25, -0.2) is 4.98 Å². The number of amides is 1. The average Bonchev–Trinajstić information content (AvgIpc) is 3.65. The first-order valence-electron chi connectivity index (χ1n) is 14.5. The molecule has 3 aliphatic rings. The van der Waals surface area contributed by atoms with E-state index in [1.54, 1.807) is 0 Å². The third-order valence-corrected chi connectivity index (χ3v) is 9.00. The molecule has 2 aliphatic heterocycles. The summed E-state index contributed by atoms with van der Waals surface area (Å²) in [5.41, 5.74) is 4.63. The molecule has 0 bridgehead atoms. The second-order valence-corrected chi connectivity index (χ2v) is 12.2. The molecule has 42 heavy (non-hydrogen) atoms. The first-order valence-corrected chi connectivity index (χ1v) is 14.9. The summed E-state index contributed by atoms with van der Waals surface area (Å²) in [7, 11) is 4.21. The van der Waals surface area contributed by atoms with Crippen LogP contribution in [0, 0.1) is 6.92 Å². The van der Waals surface area contributed by atoms with Gasteiger partial charge >= 0.3 is 0 Å². The molecule has 1 saturated carbocycles. The number of H-pyrrole nitrogens is 1. The summed E-state index contributed by atoms with van der Waals surface area (Å²) in [6.45, 7) is 9.94. The Morgan fingerprint density at radius 3 is 2.55 bits per heavy atom. The van der Waals surface area contributed by atoms with Crippen molar-refractivity contribution in [2.24, 2.45) is 0 Å². The Balaban J connectivity index is 1.42. The van der Waals surface area contributed by atoms with Crippen molar-refractivity contribution in [3.05, 3.63) is 47.6 Å². The standard InChI is InChI=1S/C31H35ClN8O2/c1-5-25(41)38-10-12-39(13-11-38)30-21-14-23(32)27(26-18(2)6-9-24-22(26)15-33-36-24)29(42-20-7-8-20)28(21)34-31(35-30)40-16-19(17-40)37(3)4/h5-6,9,14-15,19-20H,1,7-8,10-13,16-17H2,2-4H3,(H,33,36). The largest absolute Gasteiger partial charge is 0.487 e. The van der Waals surface area contributed by atoms with Crippen LogP contribution in [0.2, 0.25) is 5.02 Å². The Morgan fingerprint density at radius 2 is 1.86 bits per heavy atom. The van der Waals surface area contributed by atoms with Crippen molar-refractivity contribution in [2.45, 2.75) is 31.9 Å². The Labute approximate surface area is 249 Å². The smallest absolute Gasteiger partial charge is 0.246 e. The number of aromatic nitrogens is 4. The van der Waals surface area contributed by atoms with E-state index in [0.717, 1.165) is 70.2 Å². The number of fused-ring (bicyclic) bond motifs is 2. The molecule has 4 heterocycles. The molecule has 1 amide bonds. The number of nitrogens with zero attached hydrogens (tertiary/aromatic N) is 7. The second-order valence-electron chi connectivity index (χ2n) is 11.8. The van der Waals surface area contributed by atoms with E-state index in [2.05, 4.69) is 58.6 Å². The minimum absolute atomic E-state index is 0.0465. The van der Waals surface area contributed by atoms with Crippen molar-refractivity contribution in [3.8, 4) is 16.9 Å². The quantitative estimate of drug-likeness (QED) is 0.321. The van der Waals surface area contributed by atoms with E-state index < -0.39 is 0 Å². The fourth-order valence-corrected chi connectivity index (χ4v) is 6.22. The number of carbonyl (C=O) groups is 1. The van der Waals surface area contributed by atoms with E-state index in [-0.39, 0.29) is 12.0 Å². The van der Waals surface area contributed by atoms with Gasteiger partial charge in [-0.1, -0.05) is 24.2 Å². The Hall–Kier alpha value is -3.89. The first-order chi connectivity index (χ1) is 20.3. The molecule has 0 atom stereocenters. The monoisotopic (exact) mass is 586 g/mol. The highest BCUT2D eigenvalue weighted by Gasteiger charge is 2.34. The number of hydrogen-bond donors (Lipinski definition) is 1. The Morgan fingerprint density at radius 1 is 1.10 bits per heavy atom. The van der Waals surface area contributed by atoms with Gasteiger partial charge in [-0.15, -0.1) is 0 Å². The lowest BCUT2D eigenvalue weighted by Gasteiger charge is -2.43. The number of aryl methyl sites for hydroxylation is 1. The molecule has 10 nitrogen and oxygen atoms in total. The zero-order valence-electron chi connectivity index (χ0n) is 24.2. The third kappa shape index (κ3) is 4.62. The molecule has 0 unspecified atom stereocenters. The van der Waals surface area contributed by atoms with Crippen molar-refractivity contribution in [1.82, 2.24) is 30.0 Å². The Kier molecular flexibility index (Phi) is 6.70. The van der Waals surface area contributed by atoms with Crippen LogP contribution in [-0.4, -0.2) is 101 Å². The fourth-order valence-electron chi connectivity index (χ4n) is 5.93. The van der Waals surface area contributed by atoms with Gasteiger partial charge in [-0.3, -0.25) is 9.89 Å². The van der Waals surface area contributed by atoms with Crippen molar-refractivity contribution in [1.29, 1.82) is 0 Å². The van der Waals surface area contributed by atoms with Crippen LogP contribution < -0.4 is 14.5 Å². The molecule has 1 N–H and O–H groups in total. The van der Waals surface area contributed by atoms with E-state index >= 15 is 0 Å². The van der Waals surface area contributed by atoms with Gasteiger partial charge in [0.15, 0.2) is 5.75 Å². The predicted octanol–water partition coefficient (Wildman–Crippen LogP) is 4.26. The molecule has 1 aliphatic carbocycles. The summed E-state index contributed by atoms with van der Waals surface area (Å²) in [5, 5.41) is 9.84. The predicted molar refractivity (Wildman–Crippen MR) is 167 cm³/mol. The minimum atomic E-state index is -0.0465. The molecule has 0 radical (unpaired) electrons. The maximum atomic E-state index is 12.3. The number of nitrogens with one attached hydrogen (secondary N) is 1. The zero-order chi connectivity index (χ0) is 29.1. The number of ether oxygens (including phenoxy) is 1. The van der Waals surface area contributed by atoms with Crippen molar-refractivity contribution in [2.75, 3.05) is 63.2 Å². The lowest BCUT2D eigenvalue weighted by Crippen LogP contribution is -2.58. The average molecular weight is 587 g/mol. The molecule has 4 aromatic rings. The third-order valence-electron chi connectivity index (χ3n) is 8.70. The topological polar surface area (TPSA) is 93.7 Å². The summed E-state index contributed by atoms with van der Waals surface area (Å²) < 4.78 is 6.72. The number of anilines is 2. The van der Waals surface area contributed by atoms with Crippen LogP contribution in [-0.2, 0) is 4.79 Å². The molecular weight excluding hydrogens is 552 g/mol. The van der Waals surface area contributed by atoms with Crippen LogP contribution in [0.15, 0.2) is 37.1 Å². The SMILES string of the molecule is C=CC(=O)N1CCN(c2nc(N3CC(N(C)C)C3)nc3c(OC4CC4)c(-c4c(C)ccc5[nH]ncc45)c(Cl)cc23)CC1. The van der Waals surface area contributed by atoms with Crippen molar-refractivity contribution >= 4 is 51.1 Å². The zero-order valence-corrected chi connectivity index (χ0v) is 25.0. The van der Waals surface area contributed by atoms with Crippen LogP contribution in [0.5, 0.6) is 5.75 Å². The van der Waals surface area contributed by atoms with Gasteiger partial charge in [-0.05, 0) is 57.6 Å². The fraction of sp³-hybridized carbons (Fsp3) is 0.419. The summed E-state index contributed by atoms with van der Waals surface area (Å²) in [5.74, 6) is 2.16. The van der Waals surface area contributed by atoms with Crippen LogP contribution in [0.4, 0.5) is 11.8 Å². The lowest BCUT2D eigenvalue weighted by atomic mass is 9.94. The van der Waals surface area contributed by atoms with E-state index in [1.165, 1.54) is 6.08 Å². The second kappa shape index (κ2) is 10.4. The number of rotatable bonds is 7. The van der Waals surface area contributed by atoms with E-state index in [0.29, 0.717) is 48.9 Å². The molecule has 2 aromatic carbocycles. The van der Waals surface area contributed by atoms with E-state index in [1.807, 2.05) is 23.2 Å². The number of hydrogen-bond acceptors (Lipinski definition) is 8. The number of aromatic amines is 1. The number of piperazine rings is 1. The first kappa shape index (κ1) is 27.0. The van der Waals surface area contributed by atoms with Gasteiger partial charge in [0, 0.05) is 67.2 Å². The molecule has 7 rings (SSSR count).